The molecule has 2 nitrogen and oxygen atoms in total. The Morgan fingerprint density at radius 3 is 1.97 bits per heavy atom. The molecule has 0 N–H and O–H groups in total. The maximum Gasteiger partial charge on any atom is 0.167 e. The van der Waals surface area contributed by atoms with Crippen LogP contribution in [0.15, 0.2) is 84.9 Å². The van der Waals surface area contributed by atoms with Crippen LogP contribution in [0.1, 0.15) is 25.0 Å². The topological polar surface area (TPSA) is 18.5 Å². The van der Waals surface area contributed by atoms with E-state index in [1.165, 1.54) is 12.1 Å². The van der Waals surface area contributed by atoms with Crippen LogP contribution in [0.4, 0.5) is 13.2 Å². The monoisotopic (exact) mass is 474 g/mol. The molecule has 0 radical (unpaired) electrons. The van der Waals surface area contributed by atoms with E-state index in [1.807, 2.05) is 38.1 Å². The Labute approximate surface area is 203 Å². The van der Waals surface area contributed by atoms with E-state index in [9.17, 15) is 13.2 Å². The molecule has 4 aromatic rings. The van der Waals surface area contributed by atoms with E-state index >= 15 is 0 Å². The molecule has 0 amide bonds. The highest BCUT2D eigenvalue weighted by Crippen LogP contribution is 2.30. The van der Waals surface area contributed by atoms with Crippen molar-refractivity contribution < 1.29 is 22.6 Å². The van der Waals surface area contributed by atoms with Crippen molar-refractivity contribution in [2.75, 3.05) is 6.61 Å². The van der Waals surface area contributed by atoms with E-state index in [1.54, 1.807) is 54.6 Å². The summed E-state index contributed by atoms with van der Waals surface area (Å²) in [5.41, 5.74) is 2.98. The van der Waals surface area contributed by atoms with Crippen molar-refractivity contribution in [3.8, 4) is 33.8 Å². The molecule has 0 aliphatic rings. The second-order valence-corrected chi connectivity index (χ2v) is 7.91. The zero-order valence-electron chi connectivity index (χ0n) is 19.5. The lowest BCUT2D eigenvalue weighted by atomic mass is 10.0. The van der Waals surface area contributed by atoms with Crippen LogP contribution in [0.3, 0.4) is 0 Å². The van der Waals surface area contributed by atoms with Gasteiger partial charge in [-0.3, -0.25) is 0 Å². The third-order valence-electron chi connectivity index (χ3n) is 5.55. The van der Waals surface area contributed by atoms with Gasteiger partial charge in [-0.2, -0.15) is 0 Å². The number of ether oxygens (including phenoxy) is 2. The Morgan fingerprint density at radius 2 is 1.31 bits per heavy atom. The number of hydrogen-bond donors (Lipinski definition) is 0. The third kappa shape index (κ3) is 5.57. The molecule has 0 fully saturated rings. The van der Waals surface area contributed by atoms with Gasteiger partial charge < -0.3 is 9.47 Å². The van der Waals surface area contributed by atoms with Gasteiger partial charge in [0.15, 0.2) is 11.6 Å². The van der Waals surface area contributed by atoms with Gasteiger partial charge in [-0.15, -0.1) is 0 Å². The van der Waals surface area contributed by atoms with Gasteiger partial charge >= 0.3 is 0 Å². The summed E-state index contributed by atoms with van der Waals surface area (Å²) >= 11 is 0. The highest BCUT2D eigenvalue weighted by Gasteiger charge is 2.15. The van der Waals surface area contributed by atoms with Crippen LogP contribution in [0.25, 0.3) is 28.3 Å². The molecule has 0 atom stereocenters. The molecule has 0 saturated carbocycles. The molecule has 4 rings (SSSR count). The lowest BCUT2D eigenvalue weighted by Gasteiger charge is -2.11. The van der Waals surface area contributed by atoms with E-state index in [0.29, 0.717) is 34.8 Å². The Balaban J connectivity index is 1.45. The molecule has 0 spiro atoms. The number of allylic oxidation sites excluding steroid dienone is 1. The first-order valence-electron chi connectivity index (χ1n) is 11.4. The molecular formula is C30H25F3O2. The highest BCUT2D eigenvalue weighted by atomic mass is 19.2. The van der Waals surface area contributed by atoms with E-state index in [4.69, 9.17) is 9.47 Å². The van der Waals surface area contributed by atoms with Gasteiger partial charge in [0.1, 0.15) is 23.9 Å². The van der Waals surface area contributed by atoms with Crippen molar-refractivity contribution in [3.05, 3.63) is 114 Å². The van der Waals surface area contributed by atoms with Crippen LogP contribution in [0.5, 0.6) is 11.5 Å². The SMILES string of the molecule is CC=Cc1ccc(-c2ccc(COc3ccc(-c4ccc(OCC)cc4F)cc3)c(F)c2F)cc1. The smallest absolute Gasteiger partial charge is 0.167 e. The van der Waals surface area contributed by atoms with Crippen molar-refractivity contribution in [2.24, 2.45) is 0 Å². The predicted molar refractivity (Wildman–Crippen MR) is 134 cm³/mol. The summed E-state index contributed by atoms with van der Waals surface area (Å²) in [6, 6.07) is 21.8. The highest BCUT2D eigenvalue weighted by molar-refractivity contribution is 5.67. The summed E-state index contributed by atoms with van der Waals surface area (Å²) in [6.45, 7) is 4.07. The summed E-state index contributed by atoms with van der Waals surface area (Å²) in [7, 11) is 0. The van der Waals surface area contributed by atoms with Crippen molar-refractivity contribution in [2.45, 2.75) is 20.5 Å². The summed E-state index contributed by atoms with van der Waals surface area (Å²) in [4.78, 5) is 0. The maximum absolute atomic E-state index is 14.8. The number of halogens is 3. The second-order valence-electron chi connectivity index (χ2n) is 7.91. The Kier molecular flexibility index (Phi) is 7.56. The van der Waals surface area contributed by atoms with E-state index in [2.05, 4.69) is 0 Å². The van der Waals surface area contributed by atoms with Crippen LogP contribution in [-0.2, 0) is 6.61 Å². The quantitative estimate of drug-likeness (QED) is 0.255. The first kappa shape index (κ1) is 24.1. The number of benzene rings is 4. The summed E-state index contributed by atoms with van der Waals surface area (Å²) in [5, 5.41) is 0. The molecule has 0 aliphatic carbocycles. The molecule has 0 aliphatic heterocycles. The largest absolute Gasteiger partial charge is 0.494 e. The third-order valence-corrected chi connectivity index (χ3v) is 5.55. The van der Waals surface area contributed by atoms with Gasteiger partial charge in [-0.1, -0.05) is 60.7 Å². The van der Waals surface area contributed by atoms with Crippen molar-refractivity contribution in [1.29, 1.82) is 0 Å². The van der Waals surface area contributed by atoms with Gasteiger partial charge in [0.2, 0.25) is 0 Å². The average molecular weight is 475 g/mol. The molecule has 0 bridgehead atoms. The molecule has 178 valence electrons. The van der Waals surface area contributed by atoms with Crippen molar-refractivity contribution >= 4 is 6.08 Å². The van der Waals surface area contributed by atoms with Gasteiger partial charge in [-0.25, -0.2) is 13.2 Å². The molecule has 0 aromatic heterocycles. The molecule has 0 unspecified atom stereocenters. The Morgan fingerprint density at radius 1 is 0.686 bits per heavy atom. The summed E-state index contributed by atoms with van der Waals surface area (Å²) < 4.78 is 54.9. The van der Waals surface area contributed by atoms with Gasteiger partial charge in [0.05, 0.1) is 6.61 Å². The molecule has 0 heterocycles. The average Bonchev–Trinajstić information content (AvgIpc) is 2.87. The van der Waals surface area contributed by atoms with Crippen LogP contribution in [-0.4, -0.2) is 6.61 Å². The first-order valence-corrected chi connectivity index (χ1v) is 11.4. The summed E-state index contributed by atoms with van der Waals surface area (Å²) in [5.74, 6) is -1.30. The fraction of sp³-hybridized carbons (Fsp3) is 0.133. The number of rotatable bonds is 8. The fourth-order valence-corrected chi connectivity index (χ4v) is 3.77. The van der Waals surface area contributed by atoms with Crippen LogP contribution in [0, 0.1) is 17.5 Å². The summed E-state index contributed by atoms with van der Waals surface area (Å²) in [6.07, 6.45) is 3.85. The van der Waals surface area contributed by atoms with Crippen molar-refractivity contribution in [3.63, 3.8) is 0 Å². The lowest BCUT2D eigenvalue weighted by molar-refractivity contribution is 0.297. The second kappa shape index (κ2) is 11.0. The lowest BCUT2D eigenvalue weighted by Crippen LogP contribution is -2.02. The zero-order chi connectivity index (χ0) is 24.8. The van der Waals surface area contributed by atoms with Gasteiger partial charge in [0.25, 0.3) is 0 Å². The van der Waals surface area contributed by atoms with Crippen LogP contribution < -0.4 is 9.47 Å². The maximum atomic E-state index is 14.8. The molecular weight excluding hydrogens is 449 g/mol. The van der Waals surface area contributed by atoms with E-state index in [-0.39, 0.29) is 17.7 Å². The first-order chi connectivity index (χ1) is 17.0. The normalized spacial score (nSPS) is 11.1. The molecule has 0 saturated heterocycles. The van der Waals surface area contributed by atoms with Crippen LogP contribution in [0.2, 0.25) is 0 Å². The predicted octanol–water partition coefficient (Wildman–Crippen LogP) is 8.45. The molecule has 5 heteroatoms. The minimum absolute atomic E-state index is 0.110. The standard InChI is InChI=1S/C30H25F3O2/c1-3-5-20-6-8-22(9-7-20)27-16-12-23(29(32)30(27)33)19-35-24-13-10-21(11-14-24)26-17-15-25(34-4-2)18-28(26)31/h3,5-18H,4,19H2,1-2H3. The fourth-order valence-electron chi connectivity index (χ4n) is 3.77. The molecule has 35 heavy (non-hydrogen) atoms. The van der Waals surface area contributed by atoms with Crippen LogP contribution >= 0.6 is 0 Å². The van der Waals surface area contributed by atoms with Gasteiger partial charge in [0, 0.05) is 22.8 Å². The Hall–Kier alpha value is -3.99. The minimum Gasteiger partial charge on any atom is -0.494 e. The Bertz CT molecular complexity index is 1330. The minimum atomic E-state index is -0.937. The van der Waals surface area contributed by atoms with E-state index < -0.39 is 17.5 Å². The zero-order valence-corrected chi connectivity index (χ0v) is 19.5. The molecule has 4 aromatic carbocycles. The van der Waals surface area contributed by atoms with Crippen molar-refractivity contribution in [1.82, 2.24) is 0 Å². The number of hydrogen-bond acceptors (Lipinski definition) is 2. The van der Waals surface area contributed by atoms with E-state index in [0.717, 1.165) is 5.56 Å². The van der Waals surface area contributed by atoms with Gasteiger partial charge in [-0.05, 0) is 54.8 Å².